The molecule has 0 bridgehead atoms. The van der Waals surface area contributed by atoms with Gasteiger partial charge in [0.15, 0.2) is 5.65 Å². The summed E-state index contributed by atoms with van der Waals surface area (Å²) < 4.78 is 8.03. The lowest BCUT2D eigenvalue weighted by molar-refractivity contribution is 0.0998. The van der Waals surface area contributed by atoms with Crippen LogP contribution < -0.4 is 0 Å². The predicted molar refractivity (Wildman–Crippen MR) is 101 cm³/mol. The first-order valence-electron chi connectivity index (χ1n) is 8.34. The average Bonchev–Trinajstić information content (AvgIpc) is 3.10. The number of hydrogen-bond acceptors (Lipinski definition) is 4. The lowest BCUT2D eigenvalue weighted by Crippen LogP contribution is -2.35. The average molecular weight is 413 g/mol. The van der Waals surface area contributed by atoms with Crippen molar-refractivity contribution in [1.82, 2.24) is 19.5 Å². The quantitative estimate of drug-likeness (QED) is 0.653. The van der Waals surface area contributed by atoms with Crippen molar-refractivity contribution in [3.63, 3.8) is 0 Å². The molecule has 1 amide bonds. The minimum atomic E-state index is -0.286. The van der Waals surface area contributed by atoms with Gasteiger partial charge in [-0.2, -0.15) is 5.10 Å². The van der Waals surface area contributed by atoms with Gasteiger partial charge in [-0.05, 0) is 33.5 Å². The second kappa shape index (κ2) is 7.29. The number of ether oxygens (including phenoxy) is 1. The number of fused-ring (bicyclic) bond motifs is 1. The number of benzene rings is 1. The van der Waals surface area contributed by atoms with Gasteiger partial charge in [-0.25, -0.2) is 14.3 Å². The molecular weight excluding hydrogens is 396 g/mol. The zero-order valence-corrected chi connectivity index (χ0v) is 15.6. The summed E-state index contributed by atoms with van der Waals surface area (Å²) in [5.74, 6) is 0. The molecule has 1 aliphatic heterocycles. The Morgan fingerprint density at radius 1 is 1.23 bits per heavy atom. The van der Waals surface area contributed by atoms with Gasteiger partial charge in [0, 0.05) is 31.0 Å². The third-order valence-electron chi connectivity index (χ3n) is 4.34. The monoisotopic (exact) mass is 412 g/mol. The predicted octanol–water partition coefficient (Wildman–Crippen LogP) is 3.92. The van der Waals surface area contributed by atoms with Crippen LogP contribution in [-0.4, -0.2) is 38.7 Å². The molecule has 2 aromatic heterocycles. The Bertz CT molecular complexity index is 968. The lowest BCUT2D eigenvalue weighted by atomic mass is 10.0. The van der Waals surface area contributed by atoms with E-state index in [1.165, 1.54) is 0 Å². The van der Waals surface area contributed by atoms with Crippen LogP contribution in [0.15, 0.2) is 59.5 Å². The first-order chi connectivity index (χ1) is 12.7. The van der Waals surface area contributed by atoms with E-state index in [0.717, 1.165) is 33.2 Å². The minimum absolute atomic E-state index is 0.286. The summed E-state index contributed by atoms with van der Waals surface area (Å²) in [7, 11) is 0. The highest BCUT2D eigenvalue weighted by Gasteiger charge is 2.21. The summed E-state index contributed by atoms with van der Waals surface area (Å²) in [6.45, 7) is 1.43. The van der Waals surface area contributed by atoms with E-state index in [4.69, 9.17) is 4.74 Å². The Balaban J connectivity index is 1.42. The summed E-state index contributed by atoms with van der Waals surface area (Å²) in [5, 5.41) is 4.35. The van der Waals surface area contributed by atoms with Gasteiger partial charge in [0.1, 0.15) is 6.61 Å². The minimum Gasteiger partial charge on any atom is -0.445 e. The number of halogens is 1. The Morgan fingerprint density at radius 2 is 2.08 bits per heavy atom. The van der Waals surface area contributed by atoms with E-state index in [-0.39, 0.29) is 6.09 Å². The van der Waals surface area contributed by atoms with Crippen LogP contribution in [0.3, 0.4) is 0 Å². The maximum Gasteiger partial charge on any atom is 0.410 e. The molecule has 6 nitrogen and oxygen atoms in total. The van der Waals surface area contributed by atoms with Crippen molar-refractivity contribution in [3.05, 3.63) is 70.6 Å². The number of amides is 1. The van der Waals surface area contributed by atoms with E-state index in [1.807, 2.05) is 48.8 Å². The fourth-order valence-corrected chi connectivity index (χ4v) is 3.26. The third-order valence-corrected chi connectivity index (χ3v) is 4.75. The van der Waals surface area contributed by atoms with Gasteiger partial charge < -0.3 is 9.64 Å². The summed E-state index contributed by atoms with van der Waals surface area (Å²) in [4.78, 5) is 18.4. The van der Waals surface area contributed by atoms with Crippen LogP contribution in [-0.2, 0) is 11.3 Å². The normalized spacial score (nSPS) is 14.3. The highest BCUT2D eigenvalue weighted by Crippen LogP contribution is 2.26. The molecule has 0 radical (unpaired) electrons. The fourth-order valence-electron chi connectivity index (χ4n) is 2.97. The molecular formula is C19H17BrN4O2. The highest BCUT2D eigenvalue weighted by molar-refractivity contribution is 9.10. The number of aromatic nitrogens is 3. The van der Waals surface area contributed by atoms with Gasteiger partial charge in [-0.3, -0.25) is 0 Å². The summed E-state index contributed by atoms with van der Waals surface area (Å²) >= 11 is 3.40. The highest BCUT2D eigenvalue weighted by atomic mass is 79.9. The van der Waals surface area contributed by atoms with Crippen molar-refractivity contribution >= 4 is 33.2 Å². The van der Waals surface area contributed by atoms with Gasteiger partial charge in [0.25, 0.3) is 0 Å². The molecule has 3 heterocycles. The van der Waals surface area contributed by atoms with E-state index >= 15 is 0 Å². The number of rotatable bonds is 3. The molecule has 0 N–H and O–H groups in total. The SMILES string of the molecule is O=C(OCc1ccccc1)N1CC=C(c2cnn3cc(Br)cnc23)CC1. The van der Waals surface area contributed by atoms with Crippen molar-refractivity contribution in [2.75, 3.05) is 13.1 Å². The van der Waals surface area contributed by atoms with Gasteiger partial charge in [-0.1, -0.05) is 36.4 Å². The molecule has 0 aliphatic carbocycles. The Labute approximate surface area is 159 Å². The molecule has 4 rings (SSSR count). The molecule has 26 heavy (non-hydrogen) atoms. The zero-order chi connectivity index (χ0) is 17.9. The second-order valence-electron chi connectivity index (χ2n) is 6.06. The van der Waals surface area contributed by atoms with Gasteiger partial charge in [0.2, 0.25) is 0 Å². The first-order valence-corrected chi connectivity index (χ1v) is 9.14. The number of carbonyl (C=O) groups excluding carboxylic acids is 1. The molecule has 7 heteroatoms. The first kappa shape index (κ1) is 16.8. The van der Waals surface area contributed by atoms with Crippen molar-refractivity contribution in [2.45, 2.75) is 13.0 Å². The summed E-state index contributed by atoms with van der Waals surface area (Å²) in [6, 6.07) is 9.69. The van der Waals surface area contributed by atoms with E-state index < -0.39 is 0 Å². The van der Waals surface area contributed by atoms with Crippen LogP contribution >= 0.6 is 15.9 Å². The topological polar surface area (TPSA) is 59.7 Å². The maximum atomic E-state index is 12.3. The molecule has 0 saturated heterocycles. The van der Waals surface area contributed by atoms with Crippen LogP contribution in [0.2, 0.25) is 0 Å². The van der Waals surface area contributed by atoms with Crippen LogP contribution in [0.5, 0.6) is 0 Å². The van der Waals surface area contributed by atoms with Crippen molar-refractivity contribution < 1.29 is 9.53 Å². The maximum absolute atomic E-state index is 12.3. The third kappa shape index (κ3) is 3.48. The Morgan fingerprint density at radius 3 is 2.85 bits per heavy atom. The van der Waals surface area contributed by atoms with Crippen LogP contribution in [0.4, 0.5) is 4.79 Å². The number of carbonyl (C=O) groups is 1. The number of nitrogens with zero attached hydrogens (tertiary/aromatic N) is 4. The van der Waals surface area contributed by atoms with Crippen molar-refractivity contribution in [3.8, 4) is 0 Å². The molecule has 0 spiro atoms. The van der Waals surface area contributed by atoms with E-state index in [2.05, 4.69) is 26.0 Å². The Hall–Kier alpha value is -2.67. The van der Waals surface area contributed by atoms with E-state index in [9.17, 15) is 4.79 Å². The van der Waals surface area contributed by atoms with Gasteiger partial charge >= 0.3 is 6.09 Å². The molecule has 0 unspecified atom stereocenters. The molecule has 0 atom stereocenters. The molecule has 3 aromatic rings. The standard InChI is InChI=1S/C19H17BrN4O2/c20-16-10-21-18-17(11-22-24(18)12-16)15-6-8-23(9-7-15)19(25)26-13-14-4-2-1-3-5-14/h1-6,10-12H,7-9,13H2. The molecule has 1 aromatic carbocycles. The zero-order valence-electron chi connectivity index (χ0n) is 14.0. The summed E-state index contributed by atoms with van der Waals surface area (Å²) in [5.41, 5.74) is 3.97. The Kier molecular flexibility index (Phi) is 4.71. The van der Waals surface area contributed by atoms with Crippen LogP contribution in [0.1, 0.15) is 17.5 Å². The molecule has 0 saturated carbocycles. The smallest absolute Gasteiger partial charge is 0.410 e. The van der Waals surface area contributed by atoms with E-state index in [0.29, 0.717) is 19.7 Å². The second-order valence-corrected chi connectivity index (χ2v) is 6.98. The van der Waals surface area contributed by atoms with Crippen molar-refractivity contribution in [2.24, 2.45) is 0 Å². The summed E-state index contributed by atoms with van der Waals surface area (Å²) in [6.07, 6.45) is 7.98. The molecule has 1 aliphatic rings. The number of hydrogen-bond donors (Lipinski definition) is 0. The van der Waals surface area contributed by atoms with Gasteiger partial charge in [-0.15, -0.1) is 0 Å². The lowest BCUT2D eigenvalue weighted by Gasteiger charge is -2.25. The van der Waals surface area contributed by atoms with Crippen LogP contribution in [0, 0.1) is 0 Å². The van der Waals surface area contributed by atoms with Crippen LogP contribution in [0.25, 0.3) is 11.2 Å². The van der Waals surface area contributed by atoms with Gasteiger partial charge in [0.05, 0.1) is 10.7 Å². The molecule has 132 valence electrons. The molecule has 0 fully saturated rings. The fraction of sp³-hybridized carbons (Fsp3) is 0.211. The van der Waals surface area contributed by atoms with Crippen molar-refractivity contribution in [1.29, 1.82) is 0 Å². The van der Waals surface area contributed by atoms with E-state index in [1.54, 1.807) is 15.6 Å². The largest absolute Gasteiger partial charge is 0.445 e.